The fourth-order valence-electron chi connectivity index (χ4n) is 1.43. The molecule has 0 fully saturated rings. The van der Waals surface area contributed by atoms with Crippen LogP contribution in [-0.2, 0) is 0 Å². The van der Waals surface area contributed by atoms with Crippen molar-refractivity contribution in [1.29, 1.82) is 0 Å². The van der Waals surface area contributed by atoms with Gasteiger partial charge >= 0.3 is 5.69 Å². The predicted octanol–water partition coefficient (Wildman–Crippen LogP) is 0.637. The molecule has 0 bridgehead atoms. The molecule has 2 aromatic heterocycles. The normalized spacial score (nSPS) is 11.0. The molecule has 0 saturated heterocycles. The van der Waals surface area contributed by atoms with Crippen molar-refractivity contribution >= 4 is 17.1 Å². The molecule has 6 nitrogen and oxygen atoms in total. The van der Waals surface area contributed by atoms with Gasteiger partial charge in [-0.05, 0) is 18.1 Å². The minimum atomic E-state index is -0.327. The van der Waals surface area contributed by atoms with Crippen molar-refractivity contribution < 1.29 is 4.79 Å². The summed E-state index contributed by atoms with van der Waals surface area (Å²) in [4.78, 5) is 31.9. The number of hydrogen-bond acceptors (Lipinski definition) is 3. The van der Waals surface area contributed by atoms with E-state index in [4.69, 9.17) is 0 Å². The highest BCUT2D eigenvalue weighted by Gasteiger charge is 2.09. The molecule has 0 aromatic carbocycles. The highest BCUT2D eigenvalue weighted by molar-refractivity contribution is 5.93. The van der Waals surface area contributed by atoms with E-state index in [0.29, 0.717) is 29.3 Å². The Balaban J connectivity index is 2.23. The van der Waals surface area contributed by atoms with E-state index in [1.54, 1.807) is 12.1 Å². The summed E-state index contributed by atoms with van der Waals surface area (Å²) < 4.78 is 0. The van der Waals surface area contributed by atoms with Crippen molar-refractivity contribution in [3.05, 3.63) is 28.3 Å². The highest BCUT2D eigenvalue weighted by atomic mass is 16.2. The average Bonchev–Trinajstić information content (AvgIpc) is 2.64. The number of hydrogen-bond donors (Lipinski definition) is 3. The second-order valence-electron chi connectivity index (χ2n) is 4.28. The number of aromatic amines is 2. The first-order valence-electron chi connectivity index (χ1n) is 5.43. The Morgan fingerprint density at radius 3 is 2.88 bits per heavy atom. The van der Waals surface area contributed by atoms with Crippen molar-refractivity contribution in [2.75, 3.05) is 6.54 Å². The lowest BCUT2D eigenvalue weighted by Crippen LogP contribution is -2.28. The van der Waals surface area contributed by atoms with E-state index in [0.717, 1.165) is 0 Å². The Bertz CT molecular complexity index is 597. The smallest absolute Gasteiger partial charge is 0.325 e. The Morgan fingerprint density at radius 1 is 1.41 bits per heavy atom. The molecule has 0 aliphatic carbocycles. The van der Waals surface area contributed by atoms with E-state index in [2.05, 4.69) is 20.3 Å². The number of fused-ring (bicyclic) bond motifs is 1. The zero-order chi connectivity index (χ0) is 12.4. The first-order valence-corrected chi connectivity index (χ1v) is 5.43. The molecule has 2 aromatic rings. The van der Waals surface area contributed by atoms with Gasteiger partial charge in [-0.2, -0.15) is 0 Å². The minimum Gasteiger partial charge on any atom is -0.350 e. The maximum atomic E-state index is 11.7. The van der Waals surface area contributed by atoms with Gasteiger partial charge in [-0.1, -0.05) is 13.8 Å². The van der Waals surface area contributed by atoms with Gasteiger partial charge < -0.3 is 10.3 Å². The molecule has 0 aliphatic heterocycles. The number of carbonyl (C=O) groups is 1. The van der Waals surface area contributed by atoms with E-state index >= 15 is 0 Å². The lowest BCUT2D eigenvalue weighted by molar-refractivity contribution is 0.0944. The van der Waals surface area contributed by atoms with E-state index in [1.807, 2.05) is 13.8 Å². The van der Waals surface area contributed by atoms with Crippen LogP contribution < -0.4 is 11.0 Å². The summed E-state index contributed by atoms with van der Waals surface area (Å²) in [5, 5.41) is 2.77. The van der Waals surface area contributed by atoms with Crippen LogP contribution in [0.4, 0.5) is 0 Å². The fourth-order valence-corrected chi connectivity index (χ4v) is 1.43. The third-order valence-corrected chi connectivity index (χ3v) is 2.28. The topological polar surface area (TPSA) is 90.6 Å². The summed E-state index contributed by atoms with van der Waals surface area (Å²) in [6.45, 7) is 4.63. The van der Waals surface area contributed by atoms with Crippen molar-refractivity contribution in [2.45, 2.75) is 13.8 Å². The SMILES string of the molecule is CC(C)CNC(=O)c1ccc2[nH]c(=O)[nH]c2n1. The third kappa shape index (κ3) is 2.52. The number of pyridine rings is 1. The quantitative estimate of drug-likeness (QED) is 0.727. The number of H-pyrrole nitrogens is 2. The number of imidazole rings is 1. The first kappa shape index (κ1) is 11.4. The molecular formula is C11H14N4O2. The molecule has 3 N–H and O–H groups in total. The van der Waals surface area contributed by atoms with Crippen molar-refractivity contribution in [2.24, 2.45) is 5.92 Å². The van der Waals surface area contributed by atoms with Crippen LogP contribution in [0.25, 0.3) is 11.2 Å². The first-order chi connectivity index (χ1) is 8.06. The number of aromatic nitrogens is 3. The summed E-state index contributed by atoms with van der Waals surface area (Å²) in [6.07, 6.45) is 0. The van der Waals surface area contributed by atoms with Crippen LogP contribution >= 0.6 is 0 Å². The van der Waals surface area contributed by atoms with Gasteiger partial charge in [0.05, 0.1) is 5.52 Å². The number of carbonyl (C=O) groups excluding carboxylic acids is 1. The Morgan fingerprint density at radius 2 is 2.18 bits per heavy atom. The van der Waals surface area contributed by atoms with E-state index < -0.39 is 0 Å². The average molecular weight is 234 g/mol. The summed E-state index contributed by atoms with van der Waals surface area (Å²) in [5.41, 5.74) is 0.961. The van der Waals surface area contributed by atoms with Gasteiger partial charge in [0.15, 0.2) is 5.65 Å². The van der Waals surface area contributed by atoms with Crippen LogP contribution in [0.5, 0.6) is 0 Å². The molecule has 0 spiro atoms. The van der Waals surface area contributed by atoms with Crippen LogP contribution in [0.1, 0.15) is 24.3 Å². The van der Waals surface area contributed by atoms with E-state index in [9.17, 15) is 9.59 Å². The van der Waals surface area contributed by atoms with Crippen molar-refractivity contribution in [1.82, 2.24) is 20.3 Å². The van der Waals surface area contributed by atoms with Crippen molar-refractivity contribution in [3.63, 3.8) is 0 Å². The van der Waals surface area contributed by atoms with Gasteiger partial charge in [0.1, 0.15) is 5.69 Å². The third-order valence-electron chi connectivity index (χ3n) is 2.28. The summed E-state index contributed by atoms with van der Waals surface area (Å²) in [5.74, 6) is 0.150. The molecule has 0 radical (unpaired) electrons. The molecule has 0 unspecified atom stereocenters. The summed E-state index contributed by atoms with van der Waals surface area (Å²) in [6, 6.07) is 3.24. The maximum absolute atomic E-state index is 11.7. The van der Waals surface area contributed by atoms with Gasteiger partial charge in [0.25, 0.3) is 5.91 Å². The highest BCUT2D eigenvalue weighted by Crippen LogP contribution is 2.05. The number of amides is 1. The fraction of sp³-hybridized carbons (Fsp3) is 0.364. The van der Waals surface area contributed by atoms with Gasteiger partial charge in [0.2, 0.25) is 0 Å². The molecule has 2 rings (SSSR count). The molecule has 0 aliphatic rings. The molecule has 2 heterocycles. The lowest BCUT2D eigenvalue weighted by atomic mass is 10.2. The van der Waals surface area contributed by atoms with Crippen LogP contribution in [0, 0.1) is 5.92 Å². The standard InChI is InChI=1S/C11H14N4O2/c1-6(2)5-12-10(16)8-4-3-7-9(13-8)15-11(17)14-7/h3-4,6H,5H2,1-2H3,(H,12,16)(H2,13,14,15,17). The maximum Gasteiger partial charge on any atom is 0.325 e. The largest absolute Gasteiger partial charge is 0.350 e. The van der Waals surface area contributed by atoms with Crippen LogP contribution in [0.15, 0.2) is 16.9 Å². The number of nitrogens with zero attached hydrogens (tertiary/aromatic N) is 1. The van der Waals surface area contributed by atoms with Crippen LogP contribution in [-0.4, -0.2) is 27.4 Å². The summed E-state index contributed by atoms with van der Waals surface area (Å²) >= 11 is 0. The van der Waals surface area contributed by atoms with Gasteiger partial charge in [-0.3, -0.25) is 9.78 Å². The molecular weight excluding hydrogens is 220 g/mol. The zero-order valence-corrected chi connectivity index (χ0v) is 9.70. The number of rotatable bonds is 3. The molecule has 0 saturated carbocycles. The van der Waals surface area contributed by atoms with Crippen LogP contribution in [0.3, 0.4) is 0 Å². The molecule has 17 heavy (non-hydrogen) atoms. The van der Waals surface area contributed by atoms with Gasteiger partial charge in [-0.15, -0.1) is 0 Å². The molecule has 6 heteroatoms. The van der Waals surface area contributed by atoms with E-state index in [1.165, 1.54) is 0 Å². The second kappa shape index (κ2) is 4.40. The Kier molecular flexibility index (Phi) is 2.95. The van der Waals surface area contributed by atoms with Crippen LogP contribution in [0.2, 0.25) is 0 Å². The van der Waals surface area contributed by atoms with Gasteiger partial charge in [-0.25, -0.2) is 9.78 Å². The Labute approximate surface area is 97.5 Å². The molecule has 90 valence electrons. The van der Waals surface area contributed by atoms with Gasteiger partial charge in [0, 0.05) is 6.54 Å². The minimum absolute atomic E-state index is 0.234. The predicted molar refractivity (Wildman–Crippen MR) is 63.9 cm³/mol. The van der Waals surface area contributed by atoms with Crippen molar-refractivity contribution in [3.8, 4) is 0 Å². The lowest BCUT2D eigenvalue weighted by Gasteiger charge is -2.06. The zero-order valence-electron chi connectivity index (χ0n) is 9.70. The molecule has 0 atom stereocenters. The Hall–Kier alpha value is -2.11. The summed E-state index contributed by atoms with van der Waals surface area (Å²) in [7, 11) is 0. The second-order valence-corrected chi connectivity index (χ2v) is 4.28. The molecule has 1 amide bonds. The monoisotopic (exact) mass is 234 g/mol. The number of nitrogens with one attached hydrogen (secondary N) is 3. The van der Waals surface area contributed by atoms with E-state index in [-0.39, 0.29) is 11.6 Å².